The normalized spacial score (nSPS) is 12.2. The summed E-state index contributed by atoms with van der Waals surface area (Å²) in [7, 11) is -1.20. The number of benzene rings is 2. The van der Waals surface area contributed by atoms with Gasteiger partial charge >= 0.3 is 7.80 Å². The number of nitrogens with one attached hydrogen (secondary N) is 1. The van der Waals surface area contributed by atoms with Gasteiger partial charge in [0, 0.05) is 21.5 Å². The van der Waals surface area contributed by atoms with Crippen molar-refractivity contribution in [1.29, 1.82) is 0 Å². The molecular weight excluding hydrogens is 457 g/mol. The number of rotatable bonds is 10. The number of hydrogen-bond acceptors (Lipinski definition) is 3. The van der Waals surface area contributed by atoms with Crippen LogP contribution in [0.3, 0.4) is 0 Å². The van der Waals surface area contributed by atoms with Gasteiger partial charge in [-0.05, 0) is 65.3 Å². The van der Waals surface area contributed by atoms with E-state index in [1.165, 1.54) is 16.0 Å². The van der Waals surface area contributed by atoms with Crippen LogP contribution in [0.2, 0.25) is 0 Å². The van der Waals surface area contributed by atoms with Crippen molar-refractivity contribution in [3.63, 3.8) is 0 Å². The lowest BCUT2D eigenvalue weighted by Gasteiger charge is -2.18. The number of carbonyl (C=O) groups excluding carboxylic acids is 1. The first-order chi connectivity index (χ1) is 16.2. The highest BCUT2D eigenvalue weighted by molar-refractivity contribution is 7.43. The van der Waals surface area contributed by atoms with Gasteiger partial charge in [-0.3, -0.25) is 4.79 Å². The summed E-state index contributed by atoms with van der Waals surface area (Å²) in [5.41, 5.74) is 4.44. The summed E-state index contributed by atoms with van der Waals surface area (Å²) >= 11 is 1.67. The van der Waals surface area contributed by atoms with Crippen LogP contribution in [0.5, 0.6) is 0 Å². The fourth-order valence-corrected chi connectivity index (χ4v) is 5.86. The molecule has 1 unspecified atom stereocenters. The second kappa shape index (κ2) is 12.2. The number of unbranched alkanes of at least 4 members (excludes halogenated alkanes) is 2. The molecule has 1 aromatic heterocycles. The minimum atomic E-state index is -1.20. The Labute approximate surface area is 209 Å². The summed E-state index contributed by atoms with van der Waals surface area (Å²) in [6.45, 7) is 8.80. The summed E-state index contributed by atoms with van der Waals surface area (Å²) in [6.07, 6.45) is 8.12. The highest BCUT2D eigenvalue weighted by atomic mass is 32.1. The minimum Gasteiger partial charge on any atom is -0.323 e. The van der Waals surface area contributed by atoms with E-state index in [9.17, 15) is 9.36 Å². The zero-order valence-electron chi connectivity index (χ0n) is 20.6. The molecule has 1 atom stereocenters. The number of thiophene rings is 1. The molecule has 0 aliphatic carbocycles. The van der Waals surface area contributed by atoms with Gasteiger partial charge in [-0.15, -0.1) is 11.3 Å². The van der Waals surface area contributed by atoms with Crippen molar-refractivity contribution in [2.24, 2.45) is 0 Å². The van der Waals surface area contributed by atoms with Gasteiger partial charge in [-0.25, -0.2) is 0 Å². The van der Waals surface area contributed by atoms with Crippen molar-refractivity contribution in [2.75, 3.05) is 11.5 Å². The molecular formula is C29H35NO2PS+. The minimum absolute atomic E-state index is 0.142. The second-order valence-electron chi connectivity index (χ2n) is 9.62. The maximum Gasteiger partial charge on any atom is 0.343 e. The molecule has 3 rings (SSSR count). The molecule has 5 heteroatoms. The van der Waals surface area contributed by atoms with Gasteiger partial charge in [-0.1, -0.05) is 75.1 Å². The van der Waals surface area contributed by atoms with Crippen LogP contribution in [0.25, 0.3) is 16.5 Å². The molecule has 1 amide bonds. The molecule has 0 saturated carbocycles. The SMILES string of the molecule is CCCCC[P+](=O)Cc1ccc(NC(=O)/C=C/c2ccc(-c3ccc(C(C)(C)C)cc3)s2)cc1. The van der Waals surface area contributed by atoms with Gasteiger partial charge in [0.15, 0.2) is 6.16 Å². The highest BCUT2D eigenvalue weighted by Crippen LogP contribution is 2.31. The lowest BCUT2D eigenvalue weighted by atomic mass is 9.86. The Morgan fingerprint density at radius 3 is 2.32 bits per heavy atom. The molecule has 1 N–H and O–H groups in total. The summed E-state index contributed by atoms with van der Waals surface area (Å²) in [4.78, 5) is 14.6. The summed E-state index contributed by atoms with van der Waals surface area (Å²) in [5, 5.41) is 2.90. The predicted octanol–water partition coefficient (Wildman–Crippen LogP) is 8.88. The van der Waals surface area contributed by atoms with Crippen molar-refractivity contribution < 1.29 is 9.36 Å². The zero-order chi connectivity index (χ0) is 24.6. The van der Waals surface area contributed by atoms with E-state index in [0.29, 0.717) is 6.16 Å². The fourth-order valence-electron chi connectivity index (χ4n) is 3.59. The van der Waals surface area contributed by atoms with Crippen LogP contribution in [0.15, 0.2) is 66.7 Å². The van der Waals surface area contributed by atoms with Crippen molar-refractivity contribution in [3.8, 4) is 10.4 Å². The van der Waals surface area contributed by atoms with Gasteiger partial charge in [0.05, 0.1) is 0 Å². The van der Waals surface area contributed by atoms with Crippen molar-refractivity contribution in [3.05, 3.63) is 82.7 Å². The molecule has 0 fully saturated rings. The molecule has 0 spiro atoms. The van der Waals surface area contributed by atoms with Crippen LogP contribution >= 0.6 is 19.1 Å². The van der Waals surface area contributed by atoms with E-state index in [0.717, 1.165) is 41.6 Å². The van der Waals surface area contributed by atoms with Crippen LogP contribution in [0.4, 0.5) is 5.69 Å². The molecule has 3 aromatic rings. The Morgan fingerprint density at radius 2 is 1.68 bits per heavy atom. The molecule has 0 aliphatic heterocycles. The maximum atomic E-state index is 12.4. The van der Waals surface area contributed by atoms with E-state index >= 15 is 0 Å². The topological polar surface area (TPSA) is 46.2 Å². The van der Waals surface area contributed by atoms with Gasteiger partial charge in [0.1, 0.15) is 6.16 Å². The lowest BCUT2D eigenvalue weighted by Crippen LogP contribution is -2.10. The standard InChI is InChI=1S/C29H34NO2PS/c1-5-6-7-20-33(32)21-22-8-14-25(15-9-22)30-28(31)19-17-26-16-18-27(34-26)23-10-12-24(13-11-23)29(2,3)4/h8-19H,5-7,20-21H2,1-4H3/p+1/b19-17+. The molecule has 34 heavy (non-hydrogen) atoms. The van der Waals surface area contributed by atoms with Crippen molar-refractivity contribution in [2.45, 2.75) is 58.5 Å². The van der Waals surface area contributed by atoms with Gasteiger partial charge in [0.2, 0.25) is 5.91 Å². The Bertz CT molecular complexity index is 1120. The first-order valence-electron chi connectivity index (χ1n) is 12.0. The van der Waals surface area contributed by atoms with Crippen LogP contribution in [-0.2, 0) is 20.9 Å². The molecule has 1 heterocycles. The van der Waals surface area contributed by atoms with E-state index in [2.05, 4.69) is 63.3 Å². The van der Waals surface area contributed by atoms with Crippen LogP contribution < -0.4 is 5.32 Å². The Hall–Kier alpha value is -2.55. The molecule has 0 radical (unpaired) electrons. The fraction of sp³-hybridized carbons (Fsp3) is 0.345. The molecule has 2 aromatic carbocycles. The largest absolute Gasteiger partial charge is 0.343 e. The third-order valence-electron chi connectivity index (χ3n) is 5.65. The first kappa shape index (κ1) is 26.1. The van der Waals surface area contributed by atoms with E-state index in [1.54, 1.807) is 17.4 Å². The predicted molar refractivity (Wildman–Crippen MR) is 148 cm³/mol. The number of hydrogen-bond donors (Lipinski definition) is 1. The average Bonchev–Trinajstić information content (AvgIpc) is 3.28. The highest BCUT2D eigenvalue weighted by Gasteiger charge is 2.15. The van der Waals surface area contributed by atoms with E-state index in [1.807, 2.05) is 36.4 Å². The third-order valence-corrected chi connectivity index (χ3v) is 8.29. The summed E-state index contributed by atoms with van der Waals surface area (Å²) in [6, 6.07) is 20.5. The average molecular weight is 493 g/mol. The Balaban J connectivity index is 1.52. The maximum absolute atomic E-state index is 12.4. The van der Waals surface area contributed by atoms with E-state index in [-0.39, 0.29) is 11.3 Å². The van der Waals surface area contributed by atoms with Crippen LogP contribution in [0, 0.1) is 0 Å². The lowest BCUT2D eigenvalue weighted by molar-refractivity contribution is -0.111. The zero-order valence-corrected chi connectivity index (χ0v) is 22.3. The first-order valence-corrected chi connectivity index (χ1v) is 14.4. The van der Waals surface area contributed by atoms with Gasteiger partial charge < -0.3 is 5.32 Å². The number of anilines is 1. The van der Waals surface area contributed by atoms with Crippen LogP contribution in [-0.4, -0.2) is 12.1 Å². The quantitative estimate of drug-likeness (QED) is 0.174. The Morgan fingerprint density at radius 1 is 0.971 bits per heavy atom. The van der Waals surface area contributed by atoms with Crippen molar-refractivity contribution >= 4 is 36.8 Å². The molecule has 3 nitrogen and oxygen atoms in total. The summed E-state index contributed by atoms with van der Waals surface area (Å²) in [5.74, 6) is -0.164. The Kier molecular flexibility index (Phi) is 9.38. The number of amides is 1. The van der Waals surface area contributed by atoms with Gasteiger partial charge in [0.25, 0.3) is 0 Å². The molecule has 178 valence electrons. The molecule has 0 bridgehead atoms. The van der Waals surface area contributed by atoms with Crippen LogP contribution in [0.1, 0.15) is 63.0 Å². The summed E-state index contributed by atoms with van der Waals surface area (Å²) < 4.78 is 12.2. The second-order valence-corrected chi connectivity index (χ2v) is 12.5. The molecule has 0 saturated heterocycles. The van der Waals surface area contributed by atoms with Gasteiger partial charge in [-0.2, -0.15) is 0 Å². The molecule has 0 aliphatic rings. The number of carbonyl (C=O) groups is 1. The van der Waals surface area contributed by atoms with E-state index < -0.39 is 7.80 Å². The van der Waals surface area contributed by atoms with Crippen molar-refractivity contribution in [1.82, 2.24) is 0 Å². The van der Waals surface area contributed by atoms with E-state index in [4.69, 9.17) is 0 Å². The third kappa shape index (κ3) is 8.04. The monoisotopic (exact) mass is 492 g/mol. The smallest absolute Gasteiger partial charge is 0.323 e.